The van der Waals surface area contributed by atoms with Crippen molar-refractivity contribution < 1.29 is 4.79 Å². The van der Waals surface area contributed by atoms with E-state index >= 15 is 0 Å². The summed E-state index contributed by atoms with van der Waals surface area (Å²) in [6.07, 6.45) is 10.5. The molecule has 0 aliphatic heterocycles. The quantitative estimate of drug-likeness (QED) is 0.382. The molecular formula is C15H20O. The van der Waals surface area contributed by atoms with E-state index in [2.05, 4.69) is 31.2 Å². The Morgan fingerprint density at radius 2 is 1.81 bits per heavy atom. The molecule has 1 aromatic carbocycles. The van der Waals surface area contributed by atoms with Gasteiger partial charge in [-0.15, -0.1) is 0 Å². The molecule has 1 heteroatoms. The van der Waals surface area contributed by atoms with Crippen LogP contribution >= 0.6 is 0 Å². The van der Waals surface area contributed by atoms with Crippen LogP contribution in [-0.2, 0) is 11.2 Å². The number of carbonyl (C=O) groups excluding carboxylic acids is 1. The van der Waals surface area contributed by atoms with E-state index in [1.54, 1.807) is 0 Å². The first kappa shape index (κ1) is 12.7. The monoisotopic (exact) mass is 216 g/mol. The van der Waals surface area contributed by atoms with E-state index in [-0.39, 0.29) is 0 Å². The number of hydrogen-bond donors (Lipinski definition) is 0. The van der Waals surface area contributed by atoms with Crippen molar-refractivity contribution >= 4 is 12.4 Å². The van der Waals surface area contributed by atoms with Crippen LogP contribution in [0.2, 0.25) is 0 Å². The highest BCUT2D eigenvalue weighted by molar-refractivity contribution is 5.73. The molecule has 0 saturated heterocycles. The lowest BCUT2D eigenvalue weighted by atomic mass is 10.0. The van der Waals surface area contributed by atoms with Crippen LogP contribution in [0.1, 0.15) is 43.7 Å². The van der Waals surface area contributed by atoms with Crippen LogP contribution in [0.4, 0.5) is 0 Å². The topological polar surface area (TPSA) is 17.1 Å². The van der Waals surface area contributed by atoms with Crippen LogP contribution in [0.15, 0.2) is 30.3 Å². The summed E-state index contributed by atoms with van der Waals surface area (Å²) in [7, 11) is 0. The van der Waals surface area contributed by atoms with Crippen molar-refractivity contribution in [2.24, 2.45) is 0 Å². The Bertz CT molecular complexity index is 322. The van der Waals surface area contributed by atoms with E-state index in [1.165, 1.54) is 37.3 Å². The van der Waals surface area contributed by atoms with Crippen LogP contribution < -0.4 is 0 Å². The number of hydrogen-bond acceptors (Lipinski definition) is 1. The van der Waals surface area contributed by atoms with Gasteiger partial charge >= 0.3 is 0 Å². The molecule has 0 heterocycles. The van der Waals surface area contributed by atoms with Crippen molar-refractivity contribution in [2.75, 3.05) is 0 Å². The molecule has 86 valence electrons. The molecule has 0 aromatic heterocycles. The number of carbonyl (C=O) groups is 1. The second-order valence-electron chi connectivity index (χ2n) is 4.05. The van der Waals surface area contributed by atoms with E-state index < -0.39 is 0 Å². The average Bonchev–Trinajstić information content (AvgIpc) is 2.33. The van der Waals surface area contributed by atoms with Crippen molar-refractivity contribution in [1.82, 2.24) is 0 Å². The molecule has 1 nitrogen and oxygen atoms in total. The van der Waals surface area contributed by atoms with Crippen LogP contribution in [-0.4, -0.2) is 6.29 Å². The first-order chi connectivity index (χ1) is 7.86. The van der Waals surface area contributed by atoms with Gasteiger partial charge in [-0.2, -0.15) is 0 Å². The highest BCUT2D eigenvalue weighted by Gasteiger charge is 1.93. The summed E-state index contributed by atoms with van der Waals surface area (Å²) in [6, 6.07) is 8.43. The van der Waals surface area contributed by atoms with Crippen LogP contribution in [0.25, 0.3) is 6.08 Å². The third kappa shape index (κ3) is 4.92. The molecule has 0 aliphatic carbocycles. The minimum absolute atomic E-state index is 0.804. The van der Waals surface area contributed by atoms with Gasteiger partial charge in [0.2, 0.25) is 0 Å². The molecule has 0 spiro atoms. The predicted octanol–water partition coefficient (Wildman–Crippen LogP) is 4.02. The fourth-order valence-electron chi connectivity index (χ4n) is 1.70. The SMILES string of the molecule is CCCCCCc1ccc(C=CC=O)cc1. The molecule has 0 N–H and O–H groups in total. The Morgan fingerprint density at radius 3 is 2.44 bits per heavy atom. The Morgan fingerprint density at radius 1 is 1.06 bits per heavy atom. The van der Waals surface area contributed by atoms with Gasteiger partial charge in [0.25, 0.3) is 0 Å². The first-order valence-electron chi connectivity index (χ1n) is 6.07. The van der Waals surface area contributed by atoms with E-state index in [1.807, 2.05) is 6.08 Å². The lowest BCUT2D eigenvalue weighted by molar-refractivity contribution is -0.104. The zero-order valence-corrected chi connectivity index (χ0v) is 9.99. The Labute approximate surface area is 98.2 Å². The van der Waals surface area contributed by atoms with E-state index in [0.717, 1.165) is 18.3 Å². The maximum absolute atomic E-state index is 10.2. The predicted molar refractivity (Wildman–Crippen MR) is 69.4 cm³/mol. The molecule has 0 radical (unpaired) electrons. The Kier molecular flexibility index (Phi) is 6.24. The maximum Gasteiger partial charge on any atom is 0.142 e. The van der Waals surface area contributed by atoms with Crippen molar-refractivity contribution in [3.8, 4) is 0 Å². The lowest BCUT2D eigenvalue weighted by Crippen LogP contribution is -1.85. The highest BCUT2D eigenvalue weighted by Crippen LogP contribution is 2.10. The molecule has 0 atom stereocenters. The summed E-state index contributed by atoms with van der Waals surface area (Å²) in [5.74, 6) is 0. The van der Waals surface area contributed by atoms with Gasteiger partial charge < -0.3 is 0 Å². The fourth-order valence-corrected chi connectivity index (χ4v) is 1.70. The van der Waals surface area contributed by atoms with E-state index in [4.69, 9.17) is 0 Å². The normalized spacial score (nSPS) is 10.8. The maximum atomic E-state index is 10.2. The van der Waals surface area contributed by atoms with E-state index in [9.17, 15) is 4.79 Å². The molecule has 16 heavy (non-hydrogen) atoms. The summed E-state index contributed by atoms with van der Waals surface area (Å²) < 4.78 is 0. The molecule has 0 amide bonds. The summed E-state index contributed by atoms with van der Waals surface area (Å²) >= 11 is 0. The summed E-state index contributed by atoms with van der Waals surface area (Å²) in [4.78, 5) is 10.2. The molecule has 0 unspecified atom stereocenters. The smallest absolute Gasteiger partial charge is 0.142 e. The minimum Gasteiger partial charge on any atom is -0.299 e. The van der Waals surface area contributed by atoms with Gasteiger partial charge in [0.1, 0.15) is 6.29 Å². The number of allylic oxidation sites excluding steroid dienone is 1. The van der Waals surface area contributed by atoms with Gasteiger partial charge in [-0.3, -0.25) is 4.79 Å². The molecule has 0 saturated carbocycles. The fraction of sp³-hybridized carbons (Fsp3) is 0.400. The Balaban J connectivity index is 2.39. The van der Waals surface area contributed by atoms with Crippen molar-refractivity contribution in [1.29, 1.82) is 0 Å². The number of aldehydes is 1. The zero-order chi connectivity index (χ0) is 11.6. The summed E-state index contributed by atoms with van der Waals surface area (Å²) in [5, 5.41) is 0. The lowest BCUT2D eigenvalue weighted by Gasteiger charge is -2.01. The third-order valence-electron chi connectivity index (χ3n) is 2.67. The molecule has 0 aliphatic rings. The van der Waals surface area contributed by atoms with Gasteiger partial charge in [0.15, 0.2) is 0 Å². The highest BCUT2D eigenvalue weighted by atomic mass is 16.1. The van der Waals surface area contributed by atoms with Gasteiger partial charge in [-0.25, -0.2) is 0 Å². The Hall–Kier alpha value is -1.37. The number of unbranched alkanes of at least 4 members (excludes halogenated alkanes) is 3. The third-order valence-corrected chi connectivity index (χ3v) is 2.67. The van der Waals surface area contributed by atoms with Gasteiger partial charge in [-0.05, 0) is 30.0 Å². The van der Waals surface area contributed by atoms with E-state index in [0.29, 0.717) is 0 Å². The zero-order valence-electron chi connectivity index (χ0n) is 9.99. The minimum atomic E-state index is 0.804. The van der Waals surface area contributed by atoms with Crippen molar-refractivity contribution in [2.45, 2.75) is 39.0 Å². The van der Waals surface area contributed by atoms with Crippen LogP contribution in [0.3, 0.4) is 0 Å². The second-order valence-corrected chi connectivity index (χ2v) is 4.05. The molecule has 0 fully saturated rings. The van der Waals surface area contributed by atoms with Gasteiger partial charge in [0.05, 0.1) is 0 Å². The van der Waals surface area contributed by atoms with Crippen LogP contribution in [0.5, 0.6) is 0 Å². The van der Waals surface area contributed by atoms with Crippen molar-refractivity contribution in [3.63, 3.8) is 0 Å². The molecular weight excluding hydrogens is 196 g/mol. The summed E-state index contributed by atoms with van der Waals surface area (Å²) in [5.41, 5.74) is 2.48. The molecule has 1 aromatic rings. The number of rotatable bonds is 7. The largest absolute Gasteiger partial charge is 0.299 e. The summed E-state index contributed by atoms with van der Waals surface area (Å²) in [6.45, 7) is 2.23. The van der Waals surface area contributed by atoms with Crippen LogP contribution in [0, 0.1) is 0 Å². The van der Waals surface area contributed by atoms with Crippen molar-refractivity contribution in [3.05, 3.63) is 41.5 Å². The number of aryl methyl sites for hydroxylation is 1. The second kappa shape index (κ2) is 7.86. The van der Waals surface area contributed by atoms with Gasteiger partial charge in [-0.1, -0.05) is 56.5 Å². The molecule has 1 rings (SSSR count). The molecule has 0 bridgehead atoms. The van der Waals surface area contributed by atoms with Gasteiger partial charge in [0, 0.05) is 0 Å². The standard InChI is InChI=1S/C15H20O/c1-2-3-4-5-7-14-9-11-15(12-10-14)8-6-13-16/h6,8-13H,2-5,7H2,1H3. The number of benzene rings is 1. The first-order valence-corrected chi connectivity index (χ1v) is 6.07. The average molecular weight is 216 g/mol.